The van der Waals surface area contributed by atoms with Crippen molar-refractivity contribution in [1.82, 2.24) is 0 Å². The number of halogens is 3. The lowest BCUT2D eigenvalue weighted by Crippen LogP contribution is -2.21. The van der Waals surface area contributed by atoms with Gasteiger partial charge in [-0.1, -0.05) is 6.42 Å². The van der Waals surface area contributed by atoms with Gasteiger partial charge in [0.05, 0.1) is 5.92 Å². The normalized spacial score (nSPS) is 16.2. The average Bonchev–Trinajstić information content (AvgIpc) is 1.79. The molecule has 82 valence electrons. The molecule has 14 heavy (non-hydrogen) atoms. The van der Waals surface area contributed by atoms with Crippen molar-refractivity contribution in [3.8, 4) is 0 Å². The molecule has 0 radical (unpaired) electrons. The summed E-state index contributed by atoms with van der Waals surface area (Å²) in [5.41, 5.74) is 0. The predicted octanol–water partition coefficient (Wildman–Crippen LogP) is 1.50. The molecule has 0 aromatic heterocycles. The highest BCUT2D eigenvalue weighted by Gasteiger charge is 2.38. The van der Waals surface area contributed by atoms with Gasteiger partial charge in [0, 0.05) is 0 Å². The number of rotatable bonds is 1. The van der Waals surface area contributed by atoms with E-state index in [2.05, 4.69) is 0 Å². The van der Waals surface area contributed by atoms with Crippen molar-refractivity contribution in [2.45, 2.75) is 25.4 Å². The SMILES string of the molecule is O=C(O)C(F)(F)F.O=C(O)C1CCC1. The van der Waals surface area contributed by atoms with Crippen LogP contribution in [0.25, 0.3) is 0 Å². The zero-order valence-corrected chi connectivity index (χ0v) is 7.04. The highest BCUT2D eigenvalue weighted by molar-refractivity contribution is 5.73. The fourth-order valence-electron chi connectivity index (χ4n) is 0.655. The third kappa shape index (κ3) is 4.68. The van der Waals surface area contributed by atoms with Gasteiger partial charge < -0.3 is 10.2 Å². The summed E-state index contributed by atoms with van der Waals surface area (Å²) >= 11 is 0. The number of hydrogen-bond acceptors (Lipinski definition) is 2. The Morgan fingerprint density at radius 1 is 1.14 bits per heavy atom. The molecule has 0 bridgehead atoms. The first-order valence-electron chi connectivity index (χ1n) is 3.78. The van der Waals surface area contributed by atoms with Crippen molar-refractivity contribution < 1.29 is 33.0 Å². The first kappa shape index (κ1) is 12.7. The molecule has 1 rings (SSSR count). The number of hydrogen-bond donors (Lipinski definition) is 2. The summed E-state index contributed by atoms with van der Waals surface area (Å²) < 4.78 is 31.7. The molecule has 4 nitrogen and oxygen atoms in total. The third-order valence-corrected chi connectivity index (χ3v) is 1.70. The Balaban J connectivity index is 0.000000241. The van der Waals surface area contributed by atoms with Gasteiger partial charge in [0.2, 0.25) is 0 Å². The Labute approximate surface area is 77.3 Å². The van der Waals surface area contributed by atoms with Crippen molar-refractivity contribution in [2.75, 3.05) is 0 Å². The molecule has 0 unspecified atom stereocenters. The molecule has 1 fully saturated rings. The Bertz CT molecular complexity index is 219. The third-order valence-electron chi connectivity index (χ3n) is 1.70. The van der Waals surface area contributed by atoms with Gasteiger partial charge in [0.25, 0.3) is 0 Å². The predicted molar refractivity (Wildman–Crippen MR) is 38.7 cm³/mol. The van der Waals surface area contributed by atoms with E-state index in [9.17, 15) is 18.0 Å². The Morgan fingerprint density at radius 3 is 1.50 bits per heavy atom. The molecule has 1 saturated carbocycles. The van der Waals surface area contributed by atoms with E-state index in [1.165, 1.54) is 0 Å². The summed E-state index contributed by atoms with van der Waals surface area (Å²) in [6.07, 6.45) is -2.18. The van der Waals surface area contributed by atoms with E-state index in [4.69, 9.17) is 15.0 Å². The number of aliphatic carboxylic acids is 2. The van der Waals surface area contributed by atoms with E-state index in [0.29, 0.717) is 0 Å². The maximum atomic E-state index is 10.6. The van der Waals surface area contributed by atoms with Crippen LogP contribution < -0.4 is 0 Å². The molecule has 0 saturated heterocycles. The first-order chi connectivity index (χ1) is 6.25. The zero-order chi connectivity index (χ0) is 11.4. The fourth-order valence-corrected chi connectivity index (χ4v) is 0.655. The van der Waals surface area contributed by atoms with Crippen molar-refractivity contribution in [3.05, 3.63) is 0 Å². The van der Waals surface area contributed by atoms with Crippen LogP contribution in [0.5, 0.6) is 0 Å². The van der Waals surface area contributed by atoms with Gasteiger partial charge in [-0.15, -0.1) is 0 Å². The van der Waals surface area contributed by atoms with E-state index in [0.717, 1.165) is 19.3 Å². The molecule has 1 aliphatic carbocycles. The standard InChI is InChI=1S/C5H8O2.C2HF3O2/c6-5(7)4-2-1-3-4;3-2(4,5)1(6)7/h4H,1-3H2,(H,6,7);(H,6,7). The molecule has 0 amide bonds. The summed E-state index contributed by atoms with van der Waals surface area (Å²) in [6, 6.07) is 0. The summed E-state index contributed by atoms with van der Waals surface area (Å²) in [5.74, 6) is -3.38. The molecule has 0 atom stereocenters. The van der Waals surface area contributed by atoms with Crippen LogP contribution in [0.1, 0.15) is 19.3 Å². The Morgan fingerprint density at radius 2 is 1.50 bits per heavy atom. The number of alkyl halides is 3. The molecule has 2 N–H and O–H groups in total. The van der Waals surface area contributed by atoms with Gasteiger partial charge in [0.15, 0.2) is 0 Å². The van der Waals surface area contributed by atoms with E-state index in [-0.39, 0.29) is 5.92 Å². The van der Waals surface area contributed by atoms with Crippen LogP contribution in [0.15, 0.2) is 0 Å². The topological polar surface area (TPSA) is 74.6 Å². The molecule has 0 spiro atoms. The lowest BCUT2D eigenvalue weighted by atomic mass is 9.86. The minimum atomic E-state index is -5.08. The highest BCUT2D eigenvalue weighted by atomic mass is 19.4. The minimum absolute atomic E-state index is 0.000000000000000444. The van der Waals surface area contributed by atoms with E-state index >= 15 is 0 Å². The summed E-state index contributed by atoms with van der Waals surface area (Å²) in [4.78, 5) is 18.9. The molecule has 0 aliphatic heterocycles. The van der Waals surface area contributed by atoms with E-state index in [1.807, 2.05) is 0 Å². The van der Waals surface area contributed by atoms with Gasteiger partial charge in [-0.25, -0.2) is 4.79 Å². The maximum Gasteiger partial charge on any atom is 0.490 e. The van der Waals surface area contributed by atoms with E-state index in [1.54, 1.807) is 0 Å². The quantitative estimate of drug-likeness (QED) is 0.693. The summed E-state index contributed by atoms with van der Waals surface area (Å²) in [6.45, 7) is 0. The van der Waals surface area contributed by atoms with Crippen LogP contribution in [-0.4, -0.2) is 28.3 Å². The highest BCUT2D eigenvalue weighted by Crippen LogP contribution is 2.25. The lowest BCUT2D eigenvalue weighted by Gasteiger charge is -2.19. The van der Waals surface area contributed by atoms with Crippen molar-refractivity contribution in [3.63, 3.8) is 0 Å². The first-order valence-corrected chi connectivity index (χ1v) is 3.78. The van der Waals surface area contributed by atoms with Gasteiger partial charge in [-0.2, -0.15) is 13.2 Å². The maximum absolute atomic E-state index is 10.6. The zero-order valence-electron chi connectivity index (χ0n) is 7.04. The second kappa shape index (κ2) is 4.83. The minimum Gasteiger partial charge on any atom is -0.481 e. The smallest absolute Gasteiger partial charge is 0.481 e. The van der Waals surface area contributed by atoms with Crippen molar-refractivity contribution in [1.29, 1.82) is 0 Å². The summed E-state index contributed by atoms with van der Waals surface area (Å²) in [5, 5.41) is 15.4. The van der Waals surface area contributed by atoms with Crippen molar-refractivity contribution in [2.24, 2.45) is 5.92 Å². The summed E-state index contributed by atoms with van der Waals surface area (Å²) in [7, 11) is 0. The molecule has 7 heteroatoms. The van der Waals surface area contributed by atoms with E-state index < -0.39 is 18.1 Å². The number of carbonyl (C=O) groups is 2. The van der Waals surface area contributed by atoms with Crippen LogP contribution in [0.3, 0.4) is 0 Å². The fraction of sp³-hybridized carbons (Fsp3) is 0.714. The molecular weight excluding hydrogens is 205 g/mol. The Hall–Kier alpha value is -1.27. The van der Waals surface area contributed by atoms with Gasteiger partial charge in [0.1, 0.15) is 0 Å². The average molecular weight is 214 g/mol. The van der Waals surface area contributed by atoms with Crippen LogP contribution >= 0.6 is 0 Å². The molecular formula is C7H9F3O4. The molecule has 0 aromatic carbocycles. The van der Waals surface area contributed by atoms with Gasteiger partial charge in [-0.05, 0) is 12.8 Å². The molecule has 1 aliphatic rings. The Kier molecular flexibility index (Phi) is 4.39. The van der Waals surface area contributed by atoms with Crippen LogP contribution in [-0.2, 0) is 9.59 Å². The largest absolute Gasteiger partial charge is 0.490 e. The van der Waals surface area contributed by atoms with Crippen LogP contribution in [0.4, 0.5) is 13.2 Å². The van der Waals surface area contributed by atoms with Crippen molar-refractivity contribution >= 4 is 11.9 Å². The molecule has 0 aromatic rings. The second-order valence-electron chi connectivity index (χ2n) is 2.77. The van der Waals surface area contributed by atoms with Gasteiger partial charge in [-0.3, -0.25) is 4.79 Å². The number of carboxylic acid groups (broad SMARTS) is 2. The molecule has 0 heterocycles. The van der Waals surface area contributed by atoms with Crippen LogP contribution in [0, 0.1) is 5.92 Å². The van der Waals surface area contributed by atoms with Gasteiger partial charge >= 0.3 is 18.1 Å². The van der Waals surface area contributed by atoms with Crippen LogP contribution in [0.2, 0.25) is 0 Å². The second-order valence-corrected chi connectivity index (χ2v) is 2.77. The number of carboxylic acids is 2. The lowest BCUT2D eigenvalue weighted by molar-refractivity contribution is -0.192. The monoisotopic (exact) mass is 214 g/mol.